The van der Waals surface area contributed by atoms with Crippen molar-refractivity contribution in [3.05, 3.63) is 87.3 Å². The summed E-state index contributed by atoms with van der Waals surface area (Å²) in [5.74, 6) is -0.237. The molecule has 1 N–H and O–H groups in total. The maximum atomic E-state index is 12.9. The molecular weight excluding hydrogens is 379 g/mol. The molecule has 0 unspecified atom stereocenters. The van der Waals surface area contributed by atoms with E-state index < -0.39 is 4.92 Å². The van der Waals surface area contributed by atoms with Gasteiger partial charge in [-0.05, 0) is 53.8 Å². The minimum absolute atomic E-state index is 0.215. The second kappa shape index (κ2) is 8.96. The van der Waals surface area contributed by atoms with Gasteiger partial charge in [0.25, 0.3) is 5.91 Å². The number of carbonyl (C=O) groups is 1. The first-order valence-electron chi connectivity index (χ1n) is 8.87. The van der Waals surface area contributed by atoms with E-state index >= 15 is 0 Å². The first kappa shape index (κ1) is 20.0. The van der Waals surface area contributed by atoms with Crippen molar-refractivity contribution in [2.24, 2.45) is 0 Å². The standard InChI is InChI=1S/C20H19FN4O4/c1-14-12-19(25(27)28)23-24(14)11-10-22-20(26)16-4-2-15(3-5-16)13-29-18-8-6-17(21)7-9-18/h2-9,12H,10-11,13H2,1H3,(H,22,26). The van der Waals surface area contributed by atoms with E-state index in [1.165, 1.54) is 22.9 Å². The smallest absolute Gasteiger partial charge is 0.390 e. The summed E-state index contributed by atoms with van der Waals surface area (Å²) < 4.78 is 19.9. The molecule has 3 rings (SSSR count). The lowest BCUT2D eigenvalue weighted by Gasteiger charge is -2.08. The molecule has 3 aromatic rings. The van der Waals surface area contributed by atoms with E-state index in [1.54, 1.807) is 43.3 Å². The summed E-state index contributed by atoms with van der Waals surface area (Å²) in [6.45, 7) is 2.63. The number of halogens is 1. The average Bonchev–Trinajstić information content (AvgIpc) is 3.09. The molecule has 0 bridgehead atoms. The van der Waals surface area contributed by atoms with Gasteiger partial charge in [0.15, 0.2) is 0 Å². The highest BCUT2D eigenvalue weighted by molar-refractivity contribution is 5.94. The van der Waals surface area contributed by atoms with E-state index in [0.29, 0.717) is 30.2 Å². The number of nitro groups is 1. The molecule has 0 spiro atoms. The van der Waals surface area contributed by atoms with Crippen LogP contribution in [0, 0.1) is 22.9 Å². The van der Waals surface area contributed by atoms with Crippen LogP contribution in [0.3, 0.4) is 0 Å². The van der Waals surface area contributed by atoms with Crippen LogP contribution in [0.25, 0.3) is 0 Å². The predicted octanol–water partition coefficient (Wildman–Crippen LogP) is 3.25. The molecule has 1 heterocycles. The lowest BCUT2D eigenvalue weighted by atomic mass is 10.1. The van der Waals surface area contributed by atoms with Crippen LogP contribution in [0.15, 0.2) is 54.6 Å². The number of hydrogen-bond donors (Lipinski definition) is 1. The number of amides is 1. The van der Waals surface area contributed by atoms with Crippen LogP contribution < -0.4 is 10.1 Å². The van der Waals surface area contributed by atoms with Gasteiger partial charge in [-0.25, -0.2) is 4.39 Å². The molecule has 29 heavy (non-hydrogen) atoms. The zero-order valence-corrected chi connectivity index (χ0v) is 15.7. The third-order valence-electron chi connectivity index (χ3n) is 4.20. The Morgan fingerprint density at radius 1 is 1.21 bits per heavy atom. The summed E-state index contributed by atoms with van der Waals surface area (Å²) >= 11 is 0. The van der Waals surface area contributed by atoms with Crippen molar-refractivity contribution in [1.29, 1.82) is 0 Å². The van der Waals surface area contributed by atoms with Crippen LogP contribution in [0.4, 0.5) is 10.2 Å². The summed E-state index contributed by atoms with van der Waals surface area (Å²) in [5.41, 5.74) is 2.00. The molecule has 9 heteroatoms. The summed E-state index contributed by atoms with van der Waals surface area (Å²) in [5, 5.41) is 17.4. The third-order valence-corrected chi connectivity index (χ3v) is 4.20. The van der Waals surface area contributed by atoms with Gasteiger partial charge in [0.05, 0.1) is 23.4 Å². The lowest BCUT2D eigenvalue weighted by molar-refractivity contribution is -0.389. The van der Waals surface area contributed by atoms with Crippen molar-refractivity contribution in [2.75, 3.05) is 6.54 Å². The van der Waals surface area contributed by atoms with Crippen molar-refractivity contribution in [2.45, 2.75) is 20.1 Å². The normalized spacial score (nSPS) is 10.6. The van der Waals surface area contributed by atoms with Gasteiger partial charge in [0.1, 0.15) is 18.2 Å². The number of rotatable bonds is 8. The summed E-state index contributed by atoms with van der Waals surface area (Å²) in [6.07, 6.45) is 0. The Morgan fingerprint density at radius 3 is 2.52 bits per heavy atom. The number of aromatic nitrogens is 2. The summed E-state index contributed by atoms with van der Waals surface area (Å²) in [6, 6.07) is 14.1. The fourth-order valence-electron chi connectivity index (χ4n) is 2.64. The highest BCUT2D eigenvalue weighted by atomic mass is 19.1. The van der Waals surface area contributed by atoms with Crippen molar-refractivity contribution < 1.29 is 18.8 Å². The minimum Gasteiger partial charge on any atom is -0.489 e. The van der Waals surface area contributed by atoms with E-state index in [4.69, 9.17) is 4.74 Å². The molecule has 0 aliphatic rings. The Kier molecular flexibility index (Phi) is 6.18. The lowest BCUT2D eigenvalue weighted by Crippen LogP contribution is -2.27. The zero-order chi connectivity index (χ0) is 20.8. The van der Waals surface area contributed by atoms with Gasteiger partial charge in [0.2, 0.25) is 0 Å². The van der Waals surface area contributed by atoms with Crippen molar-refractivity contribution in [3.63, 3.8) is 0 Å². The minimum atomic E-state index is -0.552. The first-order valence-corrected chi connectivity index (χ1v) is 8.87. The van der Waals surface area contributed by atoms with E-state index in [9.17, 15) is 19.3 Å². The Balaban J connectivity index is 1.48. The number of carbonyl (C=O) groups excluding carboxylic acids is 1. The van der Waals surface area contributed by atoms with Crippen LogP contribution in [0.2, 0.25) is 0 Å². The molecule has 0 saturated heterocycles. The number of nitrogens with one attached hydrogen (secondary N) is 1. The molecule has 0 radical (unpaired) electrons. The van der Waals surface area contributed by atoms with E-state index in [2.05, 4.69) is 10.4 Å². The fraction of sp³-hybridized carbons (Fsp3) is 0.200. The zero-order valence-electron chi connectivity index (χ0n) is 15.7. The summed E-state index contributed by atoms with van der Waals surface area (Å²) in [7, 11) is 0. The molecule has 0 aliphatic heterocycles. The molecule has 1 aromatic heterocycles. The van der Waals surface area contributed by atoms with E-state index in [1.807, 2.05) is 0 Å². The summed E-state index contributed by atoms with van der Waals surface area (Å²) in [4.78, 5) is 22.4. The molecule has 0 aliphatic carbocycles. The largest absolute Gasteiger partial charge is 0.489 e. The number of nitrogens with zero attached hydrogens (tertiary/aromatic N) is 3. The predicted molar refractivity (Wildman–Crippen MR) is 103 cm³/mol. The SMILES string of the molecule is Cc1cc([N+](=O)[O-])nn1CCNC(=O)c1ccc(COc2ccc(F)cc2)cc1. The number of benzene rings is 2. The molecule has 0 saturated carbocycles. The average molecular weight is 398 g/mol. The van der Waals surface area contributed by atoms with Crippen molar-refractivity contribution in [1.82, 2.24) is 15.1 Å². The van der Waals surface area contributed by atoms with Gasteiger partial charge in [-0.1, -0.05) is 12.1 Å². The second-order valence-electron chi connectivity index (χ2n) is 6.32. The topological polar surface area (TPSA) is 99.3 Å². The van der Waals surface area contributed by atoms with Crippen LogP contribution >= 0.6 is 0 Å². The molecule has 0 atom stereocenters. The third kappa shape index (κ3) is 5.38. The highest BCUT2D eigenvalue weighted by Crippen LogP contribution is 2.14. The van der Waals surface area contributed by atoms with Crippen molar-refractivity contribution in [3.8, 4) is 5.75 Å². The molecule has 2 aromatic carbocycles. The fourth-order valence-corrected chi connectivity index (χ4v) is 2.64. The quantitative estimate of drug-likeness (QED) is 0.464. The van der Waals surface area contributed by atoms with Gasteiger partial charge < -0.3 is 20.2 Å². The van der Waals surface area contributed by atoms with Gasteiger partial charge in [-0.15, -0.1) is 0 Å². The molecular formula is C20H19FN4O4. The van der Waals surface area contributed by atoms with Crippen molar-refractivity contribution >= 4 is 11.7 Å². The van der Waals surface area contributed by atoms with Gasteiger partial charge in [-0.2, -0.15) is 4.68 Å². The number of aryl methyl sites for hydroxylation is 1. The number of hydrogen-bond acceptors (Lipinski definition) is 5. The first-order chi connectivity index (χ1) is 13.9. The van der Waals surface area contributed by atoms with Crippen LogP contribution in [-0.4, -0.2) is 27.2 Å². The van der Waals surface area contributed by atoms with Gasteiger partial charge >= 0.3 is 5.82 Å². The molecule has 8 nitrogen and oxygen atoms in total. The Morgan fingerprint density at radius 2 is 1.90 bits per heavy atom. The Hall–Kier alpha value is -3.75. The molecule has 150 valence electrons. The number of ether oxygens (including phenoxy) is 1. The highest BCUT2D eigenvalue weighted by Gasteiger charge is 2.15. The maximum Gasteiger partial charge on any atom is 0.390 e. The molecule has 0 fully saturated rings. The Labute approximate surface area is 166 Å². The van der Waals surface area contributed by atoms with Gasteiger partial charge in [0, 0.05) is 12.1 Å². The van der Waals surface area contributed by atoms with Crippen LogP contribution in [0.5, 0.6) is 5.75 Å². The molecule has 1 amide bonds. The van der Waals surface area contributed by atoms with E-state index in [0.717, 1.165) is 5.56 Å². The Bertz CT molecular complexity index is 1000. The van der Waals surface area contributed by atoms with E-state index in [-0.39, 0.29) is 24.1 Å². The second-order valence-corrected chi connectivity index (χ2v) is 6.32. The monoisotopic (exact) mass is 398 g/mol. The van der Waals surface area contributed by atoms with Crippen LogP contribution in [0.1, 0.15) is 21.6 Å². The van der Waals surface area contributed by atoms with Gasteiger partial charge in [-0.3, -0.25) is 4.79 Å². The maximum absolute atomic E-state index is 12.9. The van der Waals surface area contributed by atoms with Crippen LogP contribution in [-0.2, 0) is 13.2 Å².